The number of hydrogen-bond acceptors (Lipinski definition) is 6. The number of carbonyl (C=O) groups excluding carboxylic acids is 4. The molecule has 3 atom stereocenters. The van der Waals surface area contributed by atoms with Gasteiger partial charge in [-0.3, -0.25) is 19.2 Å². The molecule has 226 valence electrons. The average Bonchev–Trinajstić information content (AvgIpc) is 2.98. The SMILES string of the molecule is Cc1cc(NC(=O)[C@H](CCN)NC(=O)[C@@H]2Cc3ccccc3CN2C(=O)CCC(=O)N2CCN(C)[C@H](C)C2)ccc1Cl. The molecule has 2 aliphatic rings. The molecule has 2 aromatic carbocycles. The number of piperazine rings is 1. The first-order valence-electron chi connectivity index (χ1n) is 14.5. The van der Waals surface area contributed by atoms with Gasteiger partial charge in [-0.1, -0.05) is 35.9 Å². The Labute approximate surface area is 252 Å². The fraction of sp³-hybridized carbons (Fsp3) is 0.484. The van der Waals surface area contributed by atoms with Crippen LogP contribution in [0.25, 0.3) is 0 Å². The van der Waals surface area contributed by atoms with Crippen molar-refractivity contribution in [3.05, 3.63) is 64.2 Å². The van der Waals surface area contributed by atoms with E-state index in [0.717, 1.165) is 23.2 Å². The van der Waals surface area contributed by atoms with Crippen LogP contribution in [0.5, 0.6) is 0 Å². The third-order valence-electron chi connectivity index (χ3n) is 8.25. The zero-order chi connectivity index (χ0) is 30.4. The fourth-order valence-electron chi connectivity index (χ4n) is 5.47. The average molecular weight is 597 g/mol. The summed E-state index contributed by atoms with van der Waals surface area (Å²) in [5.74, 6) is -1.16. The number of nitrogens with two attached hydrogens (primary N) is 1. The van der Waals surface area contributed by atoms with Gasteiger partial charge in [-0.2, -0.15) is 0 Å². The number of fused-ring (bicyclic) bond motifs is 1. The van der Waals surface area contributed by atoms with Gasteiger partial charge in [0, 0.05) is 62.2 Å². The van der Waals surface area contributed by atoms with Crippen molar-refractivity contribution < 1.29 is 19.2 Å². The summed E-state index contributed by atoms with van der Waals surface area (Å²) in [7, 11) is 2.04. The molecule has 2 aliphatic heterocycles. The summed E-state index contributed by atoms with van der Waals surface area (Å²) in [6.07, 6.45) is 0.624. The fourth-order valence-corrected chi connectivity index (χ4v) is 5.58. The molecule has 11 heteroatoms. The van der Waals surface area contributed by atoms with Gasteiger partial charge in [0.1, 0.15) is 12.1 Å². The van der Waals surface area contributed by atoms with E-state index in [1.807, 2.05) is 43.1 Å². The van der Waals surface area contributed by atoms with Crippen LogP contribution < -0.4 is 16.4 Å². The van der Waals surface area contributed by atoms with Crippen molar-refractivity contribution in [2.24, 2.45) is 5.73 Å². The lowest BCUT2D eigenvalue weighted by Crippen LogP contribution is -2.56. The molecule has 42 heavy (non-hydrogen) atoms. The van der Waals surface area contributed by atoms with Gasteiger partial charge in [0.25, 0.3) is 0 Å². The van der Waals surface area contributed by atoms with Gasteiger partial charge < -0.3 is 31.1 Å². The van der Waals surface area contributed by atoms with Crippen LogP contribution in [0.15, 0.2) is 42.5 Å². The number of hydrogen-bond donors (Lipinski definition) is 3. The summed E-state index contributed by atoms with van der Waals surface area (Å²) in [4.78, 5) is 58.9. The smallest absolute Gasteiger partial charge is 0.246 e. The molecule has 2 aromatic rings. The predicted molar refractivity (Wildman–Crippen MR) is 163 cm³/mol. The quantitative estimate of drug-likeness (QED) is 0.408. The maximum absolute atomic E-state index is 13.7. The van der Waals surface area contributed by atoms with Crippen LogP contribution >= 0.6 is 11.6 Å². The number of likely N-dealkylation sites (N-methyl/N-ethyl adjacent to an activating group) is 1. The first-order chi connectivity index (χ1) is 20.1. The van der Waals surface area contributed by atoms with E-state index < -0.39 is 23.9 Å². The highest BCUT2D eigenvalue weighted by Crippen LogP contribution is 2.25. The van der Waals surface area contributed by atoms with Gasteiger partial charge >= 0.3 is 0 Å². The molecule has 0 spiro atoms. The van der Waals surface area contributed by atoms with Gasteiger partial charge in [-0.25, -0.2) is 0 Å². The van der Waals surface area contributed by atoms with Gasteiger partial charge in [0.2, 0.25) is 23.6 Å². The maximum Gasteiger partial charge on any atom is 0.246 e. The number of aryl methyl sites for hydroxylation is 1. The van der Waals surface area contributed by atoms with Crippen LogP contribution in [0.3, 0.4) is 0 Å². The zero-order valence-corrected chi connectivity index (χ0v) is 25.3. The number of halogens is 1. The topological polar surface area (TPSA) is 128 Å². The van der Waals surface area contributed by atoms with Crippen molar-refractivity contribution in [1.29, 1.82) is 0 Å². The van der Waals surface area contributed by atoms with E-state index in [2.05, 4.69) is 22.5 Å². The maximum atomic E-state index is 13.7. The zero-order valence-electron chi connectivity index (χ0n) is 24.6. The second-order valence-electron chi connectivity index (χ2n) is 11.3. The molecule has 0 aromatic heterocycles. The highest BCUT2D eigenvalue weighted by atomic mass is 35.5. The lowest BCUT2D eigenvalue weighted by molar-refractivity contribution is -0.144. The van der Waals surface area contributed by atoms with E-state index >= 15 is 0 Å². The Morgan fingerprint density at radius 1 is 1.05 bits per heavy atom. The number of carbonyl (C=O) groups is 4. The summed E-state index contributed by atoms with van der Waals surface area (Å²) >= 11 is 6.11. The summed E-state index contributed by atoms with van der Waals surface area (Å²) < 4.78 is 0. The normalized spacial score (nSPS) is 19.5. The second kappa shape index (κ2) is 14.1. The molecule has 4 rings (SSSR count). The Kier molecular flexibility index (Phi) is 10.6. The molecule has 0 aliphatic carbocycles. The minimum atomic E-state index is -0.895. The van der Waals surface area contributed by atoms with Crippen molar-refractivity contribution in [2.75, 3.05) is 38.5 Å². The Morgan fingerprint density at radius 2 is 1.76 bits per heavy atom. The Hall–Kier alpha value is -3.47. The lowest BCUT2D eigenvalue weighted by atomic mass is 9.92. The van der Waals surface area contributed by atoms with Gasteiger partial charge in [0.05, 0.1) is 0 Å². The summed E-state index contributed by atoms with van der Waals surface area (Å²) in [6.45, 7) is 6.41. The summed E-state index contributed by atoms with van der Waals surface area (Å²) in [5, 5.41) is 6.26. The van der Waals surface area contributed by atoms with E-state index in [1.165, 1.54) is 4.90 Å². The number of nitrogens with one attached hydrogen (secondary N) is 2. The lowest BCUT2D eigenvalue weighted by Gasteiger charge is -2.38. The van der Waals surface area contributed by atoms with Crippen LogP contribution in [0.2, 0.25) is 5.02 Å². The molecule has 4 amide bonds. The molecule has 0 unspecified atom stereocenters. The molecule has 0 saturated carbocycles. The van der Waals surface area contributed by atoms with E-state index in [1.54, 1.807) is 18.2 Å². The van der Waals surface area contributed by atoms with Crippen molar-refractivity contribution >= 4 is 40.9 Å². The number of anilines is 1. The van der Waals surface area contributed by atoms with Gasteiger partial charge in [-0.15, -0.1) is 0 Å². The van der Waals surface area contributed by atoms with Crippen molar-refractivity contribution in [2.45, 2.75) is 64.2 Å². The van der Waals surface area contributed by atoms with E-state index in [0.29, 0.717) is 30.2 Å². The third kappa shape index (κ3) is 7.67. The Balaban J connectivity index is 1.45. The molecule has 0 bridgehead atoms. The molecule has 1 saturated heterocycles. The molecular formula is C31H41ClN6O4. The molecule has 0 radical (unpaired) electrons. The number of rotatable bonds is 9. The van der Waals surface area contributed by atoms with E-state index in [-0.39, 0.29) is 50.2 Å². The van der Waals surface area contributed by atoms with Gasteiger partial charge in [0.15, 0.2) is 0 Å². The number of amides is 4. The summed E-state index contributed by atoms with van der Waals surface area (Å²) in [6, 6.07) is 11.4. The largest absolute Gasteiger partial charge is 0.342 e. The molecule has 1 fully saturated rings. The second-order valence-corrected chi connectivity index (χ2v) is 11.7. The van der Waals surface area contributed by atoms with E-state index in [9.17, 15) is 19.2 Å². The van der Waals surface area contributed by atoms with Crippen LogP contribution in [0.1, 0.15) is 42.9 Å². The predicted octanol–water partition coefficient (Wildman–Crippen LogP) is 2.32. The molecule has 2 heterocycles. The first kappa shape index (κ1) is 31.5. The number of nitrogens with zero attached hydrogens (tertiary/aromatic N) is 3. The standard InChI is InChI=1S/C31H41ClN6O4/c1-20-16-24(8-9-25(20)32)34-30(41)26(12-13-33)35-31(42)27-17-22-6-4-5-7-23(22)19-38(27)29(40)11-10-28(39)37-15-14-36(3)21(2)18-37/h4-9,16,21,26-27H,10-15,17-19,33H2,1-3H3,(H,34,41)(H,35,42)/t21-,26+,27+/m1/s1. The van der Waals surface area contributed by atoms with Gasteiger partial charge in [-0.05, 0) is 68.8 Å². The van der Waals surface area contributed by atoms with Crippen molar-refractivity contribution in [3.63, 3.8) is 0 Å². The molecular weight excluding hydrogens is 556 g/mol. The van der Waals surface area contributed by atoms with E-state index in [4.69, 9.17) is 17.3 Å². The highest BCUT2D eigenvalue weighted by molar-refractivity contribution is 6.31. The highest BCUT2D eigenvalue weighted by Gasteiger charge is 2.36. The van der Waals surface area contributed by atoms with Crippen molar-refractivity contribution in [1.82, 2.24) is 20.0 Å². The summed E-state index contributed by atoms with van der Waals surface area (Å²) in [5.41, 5.74) is 9.09. The van der Waals surface area contributed by atoms with Crippen LogP contribution in [-0.2, 0) is 32.1 Å². The molecule has 4 N–H and O–H groups in total. The van der Waals surface area contributed by atoms with Crippen LogP contribution in [0, 0.1) is 6.92 Å². The number of benzene rings is 2. The first-order valence-corrected chi connectivity index (χ1v) is 14.9. The minimum Gasteiger partial charge on any atom is -0.342 e. The molecule has 10 nitrogen and oxygen atoms in total. The Bertz CT molecular complexity index is 1320. The van der Waals surface area contributed by atoms with Crippen LogP contribution in [-0.4, -0.2) is 89.7 Å². The van der Waals surface area contributed by atoms with Crippen LogP contribution in [0.4, 0.5) is 5.69 Å². The monoisotopic (exact) mass is 596 g/mol. The third-order valence-corrected chi connectivity index (χ3v) is 8.67. The van der Waals surface area contributed by atoms with Crippen molar-refractivity contribution in [3.8, 4) is 0 Å². The minimum absolute atomic E-state index is 0.00807. The Morgan fingerprint density at radius 3 is 2.45 bits per heavy atom.